The fourth-order valence-corrected chi connectivity index (χ4v) is 0.562. The Bertz CT molecular complexity index is 141. The summed E-state index contributed by atoms with van der Waals surface area (Å²) >= 11 is 0. The molecule has 0 bridgehead atoms. The molecule has 0 radical (unpaired) electrons. The first kappa shape index (κ1) is 8.34. The van der Waals surface area contributed by atoms with E-state index in [9.17, 15) is 4.79 Å². The fraction of sp³-hybridized carbons (Fsp3) is 0.714. The van der Waals surface area contributed by atoms with Crippen molar-refractivity contribution in [2.75, 3.05) is 0 Å². The molecule has 0 aliphatic heterocycles. The van der Waals surface area contributed by atoms with E-state index >= 15 is 0 Å². The minimum Gasteiger partial charge on any atom is -0.302 e. The van der Waals surface area contributed by atoms with E-state index in [1.54, 1.807) is 0 Å². The molecule has 2 nitrogen and oxygen atoms in total. The smallest absolute Gasteiger partial charge is 0.181 e. The van der Waals surface area contributed by atoms with Crippen LogP contribution in [-0.4, -0.2) is 11.5 Å². The van der Waals surface area contributed by atoms with E-state index in [-0.39, 0.29) is 16.9 Å². The third-order valence-corrected chi connectivity index (χ3v) is 1.02. The first-order valence-corrected chi connectivity index (χ1v) is 2.95. The predicted molar refractivity (Wildman–Crippen MR) is 37.9 cm³/mol. The Labute approximate surface area is 55.8 Å². The summed E-state index contributed by atoms with van der Waals surface area (Å²) in [5.74, 6) is -0.0810. The highest BCUT2D eigenvalue weighted by atomic mass is 16.1. The van der Waals surface area contributed by atoms with Crippen LogP contribution in [0.4, 0.5) is 0 Å². The minimum absolute atomic E-state index is 0.0810. The molecule has 1 N–H and O–H groups in total. The van der Waals surface area contributed by atoms with E-state index < -0.39 is 0 Å². The monoisotopic (exact) mass is 127 g/mol. The van der Waals surface area contributed by atoms with Gasteiger partial charge in [0.2, 0.25) is 0 Å². The SMILES string of the molecule is CC(=N)C(=O)C(C)(C)C. The van der Waals surface area contributed by atoms with Gasteiger partial charge in [0, 0.05) is 5.41 Å². The molecule has 0 rings (SSSR count). The Morgan fingerprint density at radius 1 is 1.33 bits per heavy atom. The summed E-state index contributed by atoms with van der Waals surface area (Å²) in [5, 5.41) is 7.01. The van der Waals surface area contributed by atoms with Gasteiger partial charge >= 0.3 is 0 Å². The number of ketones is 1. The third kappa shape index (κ3) is 2.40. The predicted octanol–water partition coefficient (Wildman–Crippen LogP) is 1.64. The summed E-state index contributed by atoms with van der Waals surface area (Å²) in [6, 6.07) is 0. The molecule has 0 aliphatic rings. The van der Waals surface area contributed by atoms with Crippen LogP contribution >= 0.6 is 0 Å². The topological polar surface area (TPSA) is 40.9 Å². The van der Waals surface area contributed by atoms with Gasteiger partial charge in [-0.15, -0.1) is 0 Å². The molecular formula is C7H13NO. The molecule has 0 aromatic carbocycles. The summed E-state index contributed by atoms with van der Waals surface area (Å²) in [4.78, 5) is 10.9. The first-order valence-electron chi connectivity index (χ1n) is 2.95. The number of nitrogens with one attached hydrogen (secondary N) is 1. The summed E-state index contributed by atoms with van der Waals surface area (Å²) < 4.78 is 0. The van der Waals surface area contributed by atoms with Gasteiger partial charge in [-0.2, -0.15) is 0 Å². The average Bonchev–Trinajstić information content (AvgIpc) is 1.62. The van der Waals surface area contributed by atoms with Crippen LogP contribution in [0.15, 0.2) is 0 Å². The molecule has 0 unspecified atom stereocenters. The number of rotatable bonds is 1. The Hall–Kier alpha value is -0.660. The van der Waals surface area contributed by atoms with Crippen LogP contribution in [0.25, 0.3) is 0 Å². The van der Waals surface area contributed by atoms with Gasteiger partial charge < -0.3 is 5.41 Å². The lowest BCUT2D eigenvalue weighted by molar-refractivity contribution is -0.119. The van der Waals surface area contributed by atoms with E-state index in [0.29, 0.717) is 0 Å². The molecule has 0 aliphatic carbocycles. The molecule has 0 saturated heterocycles. The molecule has 0 fully saturated rings. The maximum atomic E-state index is 10.9. The van der Waals surface area contributed by atoms with Crippen LogP contribution in [0.5, 0.6) is 0 Å². The van der Waals surface area contributed by atoms with Crippen molar-refractivity contribution in [3.63, 3.8) is 0 Å². The van der Waals surface area contributed by atoms with Crippen LogP contribution < -0.4 is 0 Å². The van der Waals surface area contributed by atoms with Crippen molar-refractivity contribution < 1.29 is 4.79 Å². The Morgan fingerprint density at radius 2 is 1.67 bits per heavy atom. The fourth-order valence-electron chi connectivity index (χ4n) is 0.562. The van der Waals surface area contributed by atoms with Crippen LogP contribution in [0.3, 0.4) is 0 Å². The van der Waals surface area contributed by atoms with E-state index in [1.807, 2.05) is 20.8 Å². The van der Waals surface area contributed by atoms with Crippen molar-refractivity contribution in [3.05, 3.63) is 0 Å². The maximum absolute atomic E-state index is 10.9. The van der Waals surface area contributed by atoms with Gasteiger partial charge in [-0.3, -0.25) is 4.79 Å². The van der Waals surface area contributed by atoms with Crippen LogP contribution in [0.2, 0.25) is 0 Å². The second-order valence-electron chi connectivity index (χ2n) is 3.20. The maximum Gasteiger partial charge on any atom is 0.181 e. The molecule has 2 heteroatoms. The molecule has 0 saturated carbocycles. The third-order valence-electron chi connectivity index (χ3n) is 1.02. The van der Waals surface area contributed by atoms with Crippen molar-refractivity contribution in [3.8, 4) is 0 Å². The number of Topliss-reactive ketones (excluding diaryl/α,β-unsaturated/α-hetero) is 1. The summed E-state index contributed by atoms with van der Waals surface area (Å²) in [6.45, 7) is 6.96. The van der Waals surface area contributed by atoms with Crippen LogP contribution in [0.1, 0.15) is 27.7 Å². The van der Waals surface area contributed by atoms with Crippen LogP contribution in [-0.2, 0) is 4.79 Å². The molecule has 9 heavy (non-hydrogen) atoms. The van der Waals surface area contributed by atoms with Gasteiger partial charge in [-0.05, 0) is 6.92 Å². The van der Waals surface area contributed by atoms with Gasteiger partial charge in [0.05, 0.1) is 5.71 Å². The summed E-state index contributed by atoms with van der Waals surface area (Å²) in [6.07, 6.45) is 0. The normalized spacial score (nSPS) is 11.1. The first-order chi connectivity index (χ1) is 3.85. The minimum atomic E-state index is -0.383. The largest absolute Gasteiger partial charge is 0.302 e. The molecule has 52 valence electrons. The lowest BCUT2D eigenvalue weighted by Crippen LogP contribution is -2.25. The Morgan fingerprint density at radius 3 is 1.67 bits per heavy atom. The highest BCUT2D eigenvalue weighted by molar-refractivity contribution is 6.39. The van der Waals surface area contributed by atoms with E-state index in [4.69, 9.17) is 5.41 Å². The zero-order valence-electron chi connectivity index (χ0n) is 6.41. The molecule has 0 spiro atoms. The number of carbonyl (C=O) groups excluding carboxylic acids is 1. The average molecular weight is 127 g/mol. The van der Waals surface area contributed by atoms with Crippen molar-refractivity contribution in [2.45, 2.75) is 27.7 Å². The highest BCUT2D eigenvalue weighted by Gasteiger charge is 2.22. The molecule has 0 atom stereocenters. The molecule has 0 aromatic heterocycles. The second-order valence-corrected chi connectivity index (χ2v) is 3.20. The van der Waals surface area contributed by atoms with Gasteiger partial charge in [0.15, 0.2) is 5.78 Å². The summed E-state index contributed by atoms with van der Waals surface area (Å²) in [5.41, 5.74) is -0.242. The van der Waals surface area contributed by atoms with E-state index in [0.717, 1.165) is 0 Å². The lowest BCUT2D eigenvalue weighted by Gasteiger charge is -2.14. The Kier molecular flexibility index (Phi) is 2.13. The quantitative estimate of drug-likeness (QED) is 0.534. The number of hydrogen-bond acceptors (Lipinski definition) is 2. The van der Waals surface area contributed by atoms with Gasteiger partial charge in [-0.25, -0.2) is 0 Å². The zero-order chi connectivity index (χ0) is 7.65. The van der Waals surface area contributed by atoms with Crippen molar-refractivity contribution >= 4 is 11.5 Å². The molecule has 0 aromatic rings. The van der Waals surface area contributed by atoms with Crippen molar-refractivity contribution in [2.24, 2.45) is 5.41 Å². The second kappa shape index (κ2) is 2.29. The van der Waals surface area contributed by atoms with E-state index in [2.05, 4.69) is 0 Å². The van der Waals surface area contributed by atoms with Gasteiger partial charge in [-0.1, -0.05) is 20.8 Å². The molecule has 0 amide bonds. The van der Waals surface area contributed by atoms with Crippen molar-refractivity contribution in [1.29, 1.82) is 5.41 Å². The Balaban J connectivity index is 4.23. The van der Waals surface area contributed by atoms with E-state index in [1.165, 1.54) is 6.92 Å². The summed E-state index contributed by atoms with van der Waals surface area (Å²) in [7, 11) is 0. The molecule has 0 heterocycles. The van der Waals surface area contributed by atoms with Crippen molar-refractivity contribution in [1.82, 2.24) is 0 Å². The zero-order valence-corrected chi connectivity index (χ0v) is 6.41. The standard InChI is InChI=1S/C7H13NO/c1-5(8)6(9)7(2,3)4/h8H,1-4H3. The van der Waals surface area contributed by atoms with Gasteiger partial charge in [0.1, 0.15) is 0 Å². The van der Waals surface area contributed by atoms with Gasteiger partial charge in [0.25, 0.3) is 0 Å². The lowest BCUT2D eigenvalue weighted by atomic mass is 9.89. The number of hydrogen-bond donors (Lipinski definition) is 1. The van der Waals surface area contributed by atoms with Crippen LogP contribution in [0, 0.1) is 10.8 Å². The molecular weight excluding hydrogens is 114 g/mol. The highest BCUT2D eigenvalue weighted by Crippen LogP contribution is 2.14. The number of carbonyl (C=O) groups is 1.